The number of hydrogen-bond donors (Lipinski definition) is 1. The first-order valence-corrected chi connectivity index (χ1v) is 12.2. The lowest BCUT2D eigenvalue weighted by Gasteiger charge is -2.22. The molecule has 154 valence electrons. The van der Waals surface area contributed by atoms with Crippen molar-refractivity contribution in [1.29, 1.82) is 0 Å². The number of nitrogens with one attached hydrogen (secondary N) is 1. The largest absolute Gasteiger partial charge is 0.328 e. The molecule has 0 saturated heterocycles. The van der Waals surface area contributed by atoms with Crippen molar-refractivity contribution in [3.05, 3.63) is 52.9 Å². The van der Waals surface area contributed by atoms with Gasteiger partial charge in [0.05, 0.1) is 21.6 Å². The molecule has 0 spiro atoms. The van der Waals surface area contributed by atoms with Crippen molar-refractivity contribution in [2.24, 2.45) is 14.1 Å². The zero-order chi connectivity index (χ0) is 20.6. The molecule has 1 fully saturated rings. The van der Waals surface area contributed by atoms with E-state index in [0.717, 1.165) is 23.3 Å². The van der Waals surface area contributed by atoms with Crippen molar-refractivity contribution in [2.75, 3.05) is 4.72 Å². The summed E-state index contributed by atoms with van der Waals surface area (Å²) in [6, 6.07) is 12.1. The predicted octanol–water partition coefficient (Wildman–Crippen LogP) is 4.10. The van der Waals surface area contributed by atoms with Gasteiger partial charge in [0.2, 0.25) is 0 Å². The average molecular weight is 432 g/mol. The molecule has 1 heterocycles. The van der Waals surface area contributed by atoms with E-state index in [1.165, 1.54) is 19.3 Å². The summed E-state index contributed by atoms with van der Waals surface area (Å²) >= 11 is 1.71. The first-order valence-electron chi connectivity index (χ1n) is 9.81. The Morgan fingerprint density at radius 1 is 0.966 bits per heavy atom. The van der Waals surface area contributed by atoms with Gasteiger partial charge in [0.25, 0.3) is 10.0 Å². The third-order valence-electron chi connectivity index (χ3n) is 5.52. The van der Waals surface area contributed by atoms with Gasteiger partial charge < -0.3 is 0 Å². The van der Waals surface area contributed by atoms with E-state index in [2.05, 4.69) is 4.72 Å². The number of sulfonamides is 1. The van der Waals surface area contributed by atoms with Crippen molar-refractivity contribution in [3.8, 4) is 0 Å². The monoisotopic (exact) mass is 431 g/mol. The molecular formula is C21H25N3O3S2. The summed E-state index contributed by atoms with van der Waals surface area (Å²) in [6.45, 7) is 0. The SMILES string of the molecule is Cn1c(=O)n(C)c2cc(SC3CCCCC3)c(NS(=O)(=O)c3ccccc3)cc21. The van der Waals surface area contributed by atoms with Gasteiger partial charge in [0.1, 0.15) is 0 Å². The zero-order valence-electron chi connectivity index (χ0n) is 16.6. The van der Waals surface area contributed by atoms with Crippen molar-refractivity contribution in [1.82, 2.24) is 9.13 Å². The van der Waals surface area contributed by atoms with Crippen molar-refractivity contribution in [2.45, 2.75) is 47.1 Å². The van der Waals surface area contributed by atoms with Crippen LogP contribution >= 0.6 is 11.8 Å². The Morgan fingerprint density at radius 3 is 2.24 bits per heavy atom. The maximum atomic E-state index is 12.9. The first-order chi connectivity index (χ1) is 13.9. The van der Waals surface area contributed by atoms with Gasteiger partial charge >= 0.3 is 5.69 Å². The molecule has 4 rings (SSSR count). The molecule has 0 aliphatic heterocycles. The molecule has 0 unspecified atom stereocenters. The Balaban J connectivity index is 1.80. The molecule has 1 N–H and O–H groups in total. The molecule has 29 heavy (non-hydrogen) atoms. The highest BCUT2D eigenvalue weighted by atomic mass is 32.2. The van der Waals surface area contributed by atoms with E-state index in [0.29, 0.717) is 16.5 Å². The smallest absolute Gasteiger partial charge is 0.295 e. The summed E-state index contributed by atoms with van der Waals surface area (Å²) in [7, 11) is -0.273. The van der Waals surface area contributed by atoms with Gasteiger partial charge in [-0.3, -0.25) is 13.9 Å². The summed E-state index contributed by atoms with van der Waals surface area (Å²) in [4.78, 5) is 13.5. The molecule has 6 nitrogen and oxygen atoms in total. The second kappa shape index (κ2) is 7.91. The third-order valence-corrected chi connectivity index (χ3v) is 8.29. The number of fused-ring (bicyclic) bond motifs is 1. The van der Waals surface area contributed by atoms with Gasteiger partial charge in [-0.2, -0.15) is 0 Å². The van der Waals surface area contributed by atoms with Crippen LogP contribution in [0.1, 0.15) is 32.1 Å². The molecule has 1 aliphatic carbocycles. The van der Waals surface area contributed by atoms with Crippen LogP contribution in [-0.2, 0) is 24.1 Å². The molecule has 0 bridgehead atoms. The molecule has 1 aromatic heterocycles. The lowest BCUT2D eigenvalue weighted by molar-refractivity contribution is 0.516. The van der Waals surface area contributed by atoms with Crippen LogP contribution in [0.2, 0.25) is 0 Å². The molecular weight excluding hydrogens is 406 g/mol. The highest BCUT2D eigenvalue weighted by Crippen LogP contribution is 2.39. The molecule has 0 radical (unpaired) electrons. The fraction of sp³-hybridized carbons (Fsp3) is 0.381. The fourth-order valence-corrected chi connectivity index (χ4v) is 6.37. The number of hydrogen-bond acceptors (Lipinski definition) is 4. The van der Waals surface area contributed by atoms with Crippen molar-refractivity contribution < 1.29 is 8.42 Å². The van der Waals surface area contributed by atoms with Crippen LogP contribution < -0.4 is 10.4 Å². The minimum absolute atomic E-state index is 0.128. The van der Waals surface area contributed by atoms with E-state index in [4.69, 9.17) is 0 Å². The van der Waals surface area contributed by atoms with Gasteiger partial charge in [-0.05, 0) is 37.1 Å². The predicted molar refractivity (Wildman–Crippen MR) is 118 cm³/mol. The Bertz CT molecular complexity index is 1190. The molecule has 1 saturated carbocycles. The number of aromatic nitrogens is 2. The quantitative estimate of drug-likeness (QED) is 0.660. The highest BCUT2D eigenvalue weighted by molar-refractivity contribution is 8.00. The summed E-state index contributed by atoms with van der Waals surface area (Å²) in [5.41, 5.74) is 1.91. The number of benzene rings is 2. The molecule has 0 amide bonds. The van der Waals surface area contributed by atoms with Crippen LogP contribution in [-0.4, -0.2) is 22.8 Å². The summed E-state index contributed by atoms with van der Waals surface area (Å²) in [5.74, 6) is 0. The normalized spacial score (nSPS) is 15.7. The molecule has 1 aliphatic rings. The highest BCUT2D eigenvalue weighted by Gasteiger charge is 2.22. The van der Waals surface area contributed by atoms with E-state index in [1.807, 2.05) is 6.07 Å². The summed E-state index contributed by atoms with van der Waals surface area (Å²) in [5, 5.41) is 0.460. The van der Waals surface area contributed by atoms with Gasteiger partial charge in [-0.15, -0.1) is 11.8 Å². The molecule has 8 heteroatoms. The number of thioether (sulfide) groups is 1. The molecule has 0 atom stereocenters. The van der Waals surface area contributed by atoms with E-state index in [-0.39, 0.29) is 10.6 Å². The second-order valence-corrected chi connectivity index (χ2v) is 10.6. The second-order valence-electron chi connectivity index (χ2n) is 7.53. The molecule has 2 aromatic carbocycles. The van der Waals surface area contributed by atoms with Crippen LogP contribution in [0.3, 0.4) is 0 Å². The minimum Gasteiger partial charge on any atom is -0.295 e. The third kappa shape index (κ3) is 3.96. The fourth-order valence-electron chi connectivity index (χ4n) is 3.87. The first kappa shape index (κ1) is 20.1. The number of nitrogens with zero attached hydrogens (tertiary/aromatic N) is 2. The van der Waals surface area contributed by atoms with Crippen LogP contribution in [0.15, 0.2) is 57.1 Å². The van der Waals surface area contributed by atoms with E-state index < -0.39 is 10.0 Å². The van der Waals surface area contributed by atoms with Gasteiger partial charge in [-0.25, -0.2) is 13.2 Å². The number of rotatable bonds is 5. The zero-order valence-corrected chi connectivity index (χ0v) is 18.2. The Kier molecular flexibility index (Phi) is 5.48. The lowest BCUT2D eigenvalue weighted by atomic mass is 10.0. The van der Waals surface area contributed by atoms with Crippen LogP contribution in [0.5, 0.6) is 0 Å². The Labute approximate surface area is 175 Å². The summed E-state index contributed by atoms with van der Waals surface area (Å²) in [6.07, 6.45) is 5.92. The standard InChI is InChI=1S/C21H25N3O3S2/c1-23-18-13-17(22-29(26,27)16-11-7-4-8-12-16)20(14-19(18)24(2)21(23)25)28-15-9-5-3-6-10-15/h4,7-8,11-15,22H,3,5-6,9-10H2,1-2H3. The number of anilines is 1. The van der Waals surface area contributed by atoms with Crippen molar-refractivity contribution >= 4 is 38.5 Å². The lowest BCUT2D eigenvalue weighted by Crippen LogP contribution is -2.19. The topological polar surface area (TPSA) is 73.1 Å². The number of imidazole rings is 1. The Morgan fingerprint density at radius 2 is 1.59 bits per heavy atom. The maximum Gasteiger partial charge on any atom is 0.328 e. The maximum absolute atomic E-state index is 12.9. The van der Waals surface area contributed by atoms with Crippen molar-refractivity contribution in [3.63, 3.8) is 0 Å². The van der Waals surface area contributed by atoms with Gasteiger partial charge in [-0.1, -0.05) is 37.5 Å². The van der Waals surface area contributed by atoms with Crippen LogP contribution in [0, 0.1) is 0 Å². The Hall–Kier alpha value is -2.19. The van der Waals surface area contributed by atoms with Gasteiger partial charge in [0, 0.05) is 24.2 Å². The minimum atomic E-state index is -3.72. The van der Waals surface area contributed by atoms with E-state index >= 15 is 0 Å². The van der Waals surface area contributed by atoms with E-state index in [9.17, 15) is 13.2 Å². The van der Waals surface area contributed by atoms with E-state index in [1.54, 1.807) is 71.4 Å². The average Bonchev–Trinajstić information content (AvgIpc) is 2.93. The van der Waals surface area contributed by atoms with Gasteiger partial charge in [0.15, 0.2) is 0 Å². The number of aryl methyl sites for hydroxylation is 2. The summed E-state index contributed by atoms with van der Waals surface area (Å²) < 4.78 is 31.8. The van der Waals surface area contributed by atoms with Crippen LogP contribution in [0.4, 0.5) is 5.69 Å². The molecule has 3 aromatic rings. The van der Waals surface area contributed by atoms with Crippen LogP contribution in [0.25, 0.3) is 11.0 Å².